The van der Waals surface area contributed by atoms with Crippen molar-refractivity contribution in [3.63, 3.8) is 0 Å². The van der Waals surface area contributed by atoms with Gasteiger partial charge in [-0.3, -0.25) is 0 Å². The van der Waals surface area contributed by atoms with E-state index in [1.807, 2.05) is 0 Å². The van der Waals surface area contributed by atoms with Crippen molar-refractivity contribution in [3.8, 4) is 0 Å². The molecule has 7 rings (SSSR count). The van der Waals surface area contributed by atoms with Gasteiger partial charge in [0.2, 0.25) is 0 Å². The van der Waals surface area contributed by atoms with Crippen LogP contribution in [0.4, 0.5) is 0 Å². The average molecular weight is 562 g/mol. The van der Waals surface area contributed by atoms with Gasteiger partial charge in [0.1, 0.15) is 0 Å². The molecule has 0 saturated heterocycles. The number of fused-ring (bicyclic) bond motifs is 1. The van der Waals surface area contributed by atoms with E-state index in [0.717, 1.165) is 19.4 Å². The van der Waals surface area contributed by atoms with E-state index in [9.17, 15) is 0 Å². The lowest BCUT2D eigenvalue weighted by atomic mass is 9.80. The Balaban J connectivity index is 1.47. The number of allylic oxidation sites excluding steroid dienone is 6. The zero-order valence-electron chi connectivity index (χ0n) is 26.8. The standard InChI is InChI=1S/C42H43N/c1-8-12-33-34-14-9-10-15-37(34)42(5,6)38(33)21-18-27-25-36(30-13-11-22-43(7)26-30)35-20-17-29-24-31(41(2,3)4)23-28-16-19-32(27)40(35)39(28)29/h9-17,19-25H,8,18,26H2,1-7H3/b33-12-,38-21+. The molecule has 43 heavy (non-hydrogen) atoms. The van der Waals surface area contributed by atoms with Crippen LogP contribution in [-0.4, -0.2) is 18.5 Å². The van der Waals surface area contributed by atoms with E-state index in [0.29, 0.717) is 0 Å². The zero-order chi connectivity index (χ0) is 30.1. The van der Waals surface area contributed by atoms with E-state index in [1.54, 1.807) is 0 Å². The van der Waals surface area contributed by atoms with E-state index < -0.39 is 0 Å². The van der Waals surface area contributed by atoms with Gasteiger partial charge in [0.15, 0.2) is 0 Å². The molecule has 0 N–H and O–H groups in total. The fourth-order valence-electron chi connectivity index (χ4n) is 7.60. The van der Waals surface area contributed by atoms with Crippen molar-refractivity contribution in [2.24, 2.45) is 0 Å². The number of rotatable bonds is 4. The van der Waals surface area contributed by atoms with Crippen LogP contribution in [0.1, 0.15) is 75.8 Å². The highest BCUT2D eigenvalue weighted by molar-refractivity contribution is 6.25. The first-order valence-electron chi connectivity index (χ1n) is 15.9. The van der Waals surface area contributed by atoms with Crippen LogP contribution < -0.4 is 0 Å². The van der Waals surface area contributed by atoms with Gasteiger partial charge in [0, 0.05) is 19.0 Å². The van der Waals surface area contributed by atoms with Crippen molar-refractivity contribution in [2.75, 3.05) is 13.6 Å². The molecule has 0 atom stereocenters. The Morgan fingerprint density at radius 1 is 0.837 bits per heavy atom. The minimum Gasteiger partial charge on any atom is -0.376 e. The lowest BCUT2D eigenvalue weighted by molar-refractivity contribution is 0.513. The Labute approximate surface area is 257 Å². The highest BCUT2D eigenvalue weighted by Gasteiger charge is 2.37. The molecule has 1 heteroatoms. The number of nitrogens with zero attached hydrogens (tertiary/aromatic N) is 1. The Kier molecular flexibility index (Phi) is 6.43. The molecule has 0 saturated carbocycles. The number of hydrogen-bond donors (Lipinski definition) is 0. The van der Waals surface area contributed by atoms with E-state index in [2.05, 4.69) is 151 Å². The molecule has 0 aromatic heterocycles. The predicted molar refractivity (Wildman–Crippen MR) is 188 cm³/mol. The summed E-state index contributed by atoms with van der Waals surface area (Å²) in [5.74, 6) is 0. The highest BCUT2D eigenvalue weighted by atomic mass is 15.1. The maximum absolute atomic E-state index is 2.54. The van der Waals surface area contributed by atoms with Gasteiger partial charge in [-0.25, -0.2) is 0 Å². The molecule has 5 aromatic rings. The third kappa shape index (κ3) is 4.44. The van der Waals surface area contributed by atoms with Gasteiger partial charge in [0.05, 0.1) is 0 Å². The van der Waals surface area contributed by atoms with Crippen LogP contribution in [0, 0.1) is 0 Å². The van der Waals surface area contributed by atoms with Crippen molar-refractivity contribution >= 4 is 43.5 Å². The lowest BCUT2D eigenvalue weighted by Gasteiger charge is -2.25. The van der Waals surface area contributed by atoms with Gasteiger partial charge in [0.25, 0.3) is 0 Å². The molecule has 0 radical (unpaired) electrons. The first kappa shape index (κ1) is 27.7. The van der Waals surface area contributed by atoms with Gasteiger partial charge >= 0.3 is 0 Å². The van der Waals surface area contributed by atoms with Gasteiger partial charge in [-0.15, -0.1) is 0 Å². The third-order valence-electron chi connectivity index (χ3n) is 9.86. The molecular weight excluding hydrogens is 518 g/mol. The summed E-state index contributed by atoms with van der Waals surface area (Å²) in [6, 6.07) is 25.8. The van der Waals surface area contributed by atoms with Crippen molar-refractivity contribution in [2.45, 2.75) is 65.2 Å². The topological polar surface area (TPSA) is 3.24 Å². The number of benzene rings is 5. The second-order valence-electron chi connectivity index (χ2n) is 14.2. The quantitative estimate of drug-likeness (QED) is 0.197. The fraction of sp³-hybridized carbons (Fsp3) is 0.286. The fourth-order valence-corrected chi connectivity index (χ4v) is 7.60. The molecule has 5 aromatic carbocycles. The van der Waals surface area contributed by atoms with E-state index in [1.165, 1.54) is 76.9 Å². The number of hydrogen-bond acceptors (Lipinski definition) is 1. The van der Waals surface area contributed by atoms with Crippen LogP contribution in [0.2, 0.25) is 0 Å². The molecule has 0 unspecified atom stereocenters. The first-order chi connectivity index (χ1) is 20.6. The molecule has 1 aliphatic carbocycles. The monoisotopic (exact) mass is 561 g/mol. The van der Waals surface area contributed by atoms with E-state index in [-0.39, 0.29) is 10.8 Å². The Hall–Kier alpha value is -4.10. The maximum atomic E-state index is 2.54. The van der Waals surface area contributed by atoms with Crippen LogP contribution in [0.3, 0.4) is 0 Å². The van der Waals surface area contributed by atoms with Crippen LogP contribution in [0.15, 0.2) is 103 Å². The second-order valence-corrected chi connectivity index (χ2v) is 14.2. The molecule has 1 heterocycles. The van der Waals surface area contributed by atoms with Gasteiger partial charge < -0.3 is 4.90 Å². The molecular formula is C42H43N. The van der Waals surface area contributed by atoms with Crippen LogP contribution in [0.5, 0.6) is 0 Å². The summed E-state index contributed by atoms with van der Waals surface area (Å²) in [7, 11) is 2.17. The molecule has 0 amide bonds. The minimum absolute atomic E-state index is 0.0209. The van der Waals surface area contributed by atoms with Gasteiger partial charge in [-0.1, -0.05) is 120 Å². The molecule has 1 nitrogen and oxygen atoms in total. The SMILES string of the molecule is CC/C=C1\C(=C/Cc2cc(C3=CC=CN(C)C3)c3ccc4cc(C(C)(C)C)cc5ccc2c3c54)C(C)(C)c2ccccc21. The summed E-state index contributed by atoms with van der Waals surface area (Å²) in [5.41, 5.74) is 11.3. The Bertz CT molecular complexity index is 2000. The summed E-state index contributed by atoms with van der Waals surface area (Å²) >= 11 is 0. The maximum Gasteiger partial charge on any atom is 0.0426 e. The lowest BCUT2D eigenvalue weighted by Crippen LogP contribution is -2.16. The van der Waals surface area contributed by atoms with Crippen LogP contribution in [-0.2, 0) is 17.3 Å². The van der Waals surface area contributed by atoms with Gasteiger partial charge in [-0.05, 0) is 113 Å². The van der Waals surface area contributed by atoms with Crippen LogP contribution in [0.25, 0.3) is 43.5 Å². The van der Waals surface area contributed by atoms with Crippen molar-refractivity contribution in [3.05, 3.63) is 131 Å². The molecule has 2 aliphatic rings. The second kappa shape index (κ2) is 9.98. The average Bonchev–Trinajstić information content (AvgIpc) is 3.19. The molecule has 1 aliphatic heterocycles. The molecule has 216 valence electrons. The predicted octanol–water partition coefficient (Wildman–Crippen LogP) is 11.0. The summed E-state index contributed by atoms with van der Waals surface area (Å²) in [6.07, 6.45) is 13.6. The molecule has 0 fully saturated rings. The summed E-state index contributed by atoms with van der Waals surface area (Å²) < 4.78 is 0. The summed E-state index contributed by atoms with van der Waals surface area (Å²) in [5, 5.41) is 8.25. The van der Waals surface area contributed by atoms with Gasteiger partial charge in [-0.2, -0.15) is 0 Å². The van der Waals surface area contributed by atoms with E-state index in [4.69, 9.17) is 0 Å². The van der Waals surface area contributed by atoms with Crippen LogP contribution >= 0.6 is 0 Å². The third-order valence-corrected chi connectivity index (χ3v) is 9.86. The molecule has 0 bridgehead atoms. The normalized spacial score (nSPS) is 18.5. The number of likely N-dealkylation sites (N-methyl/N-ethyl adjacent to an activating group) is 1. The zero-order valence-corrected chi connectivity index (χ0v) is 26.8. The highest BCUT2D eigenvalue weighted by Crippen LogP contribution is 2.50. The smallest absolute Gasteiger partial charge is 0.0426 e. The Morgan fingerprint density at radius 3 is 2.26 bits per heavy atom. The molecule has 0 spiro atoms. The largest absolute Gasteiger partial charge is 0.376 e. The Morgan fingerprint density at radius 2 is 1.56 bits per heavy atom. The minimum atomic E-state index is -0.0209. The van der Waals surface area contributed by atoms with Crippen molar-refractivity contribution in [1.29, 1.82) is 0 Å². The van der Waals surface area contributed by atoms with Crippen molar-refractivity contribution < 1.29 is 0 Å². The van der Waals surface area contributed by atoms with E-state index >= 15 is 0 Å². The van der Waals surface area contributed by atoms with Crippen molar-refractivity contribution in [1.82, 2.24) is 4.90 Å². The first-order valence-corrected chi connectivity index (χ1v) is 15.9. The summed E-state index contributed by atoms with van der Waals surface area (Å²) in [6.45, 7) is 14.9. The summed E-state index contributed by atoms with van der Waals surface area (Å²) in [4.78, 5) is 2.28.